The van der Waals surface area contributed by atoms with E-state index in [4.69, 9.17) is 14.2 Å². The molecule has 1 saturated heterocycles. The maximum absolute atomic E-state index is 13.8. The molecule has 13 nitrogen and oxygen atoms in total. The molecule has 5 rings (SSSR count). The predicted molar refractivity (Wildman–Crippen MR) is 209 cm³/mol. The van der Waals surface area contributed by atoms with Gasteiger partial charge in [-0.25, -0.2) is 4.98 Å². The van der Waals surface area contributed by atoms with Crippen molar-refractivity contribution in [3.63, 3.8) is 0 Å². The van der Waals surface area contributed by atoms with Crippen molar-refractivity contribution in [3.05, 3.63) is 94.7 Å². The van der Waals surface area contributed by atoms with Crippen molar-refractivity contribution in [2.75, 3.05) is 77.3 Å². The standard InChI is InChI=1S/C41H51N7O6/c1-7-47(8-2)21-20-46(5)40(51)31-14-16-32(17-15-31)43-41-42-27-33(38(50)44-37-28(3)10-9-11-29(37)4)39(45-41)54-34-18-12-30(26-35(34)52-6)13-19-36(49)48-22-24-53-25-23-48/h9-12,14-18,26-27H,7-8,13,19-25H2,1-6H3,(H,44,50)(H,42,43,45). The molecule has 13 heteroatoms. The van der Waals surface area contributed by atoms with Gasteiger partial charge in [0.05, 0.1) is 20.3 Å². The molecular formula is C41H51N7O6. The van der Waals surface area contributed by atoms with Crippen molar-refractivity contribution in [1.29, 1.82) is 0 Å². The van der Waals surface area contributed by atoms with Crippen LogP contribution in [0.15, 0.2) is 66.9 Å². The van der Waals surface area contributed by atoms with Gasteiger partial charge in [0.15, 0.2) is 11.5 Å². The maximum atomic E-state index is 13.8. The molecule has 2 N–H and O–H groups in total. The third kappa shape index (κ3) is 10.3. The number of ether oxygens (including phenoxy) is 3. The van der Waals surface area contributed by atoms with E-state index in [9.17, 15) is 14.4 Å². The lowest BCUT2D eigenvalue weighted by Crippen LogP contribution is -2.40. The second-order valence-electron chi connectivity index (χ2n) is 13.2. The molecule has 54 heavy (non-hydrogen) atoms. The van der Waals surface area contributed by atoms with Crippen molar-refractivity contribution in [3.8, 4) is 17.4 Å². The van der Waals surface area contributed by atoms with Crippen LogP contribution in [0.2, 0.25) is 0 Å². The highest BCUT2D eigenvalue weighted by atomic mass is 16.5. The van der Waals surface area contributed by atoms with Crippen LogP contribution in [0, 0.1) is 13.8 Å². The van der Waals surface area contributed by atoms with E-state index in [0.717, 1.165) is 36.3 Å². The van der Waals surface area contributed by atoms with Crippen LogP contribution in [0.25, 0.3) is 0 Å². The SMILES string of the molecule is CCN(CC)CCN(C)C(=O)c1ccc(Nc2ncc(C(=O)Nc3c(C)cccc3C)c(Oc3ccc(CCC(=O)N4CCOCC4)cc3OC)n2)cc1. The summed E-state index contributed by atoms with van der Waals surface area (Å²) in [5, 5.41) is 6.16. The Morgan fingerprint density at radius 1 is 0.926 bits per heavy atom. The molecule has 0 unspecified atom stereocenters. The number of aromatic nitrogens is 2. The van der Waals surface area contributed by atoms with Crippen molar-refractivity contribution in [2.45, 2.75) is 40.5 Å². The summed E-state index contributed by atoms with van der Waals surface area (Å²) in [7, 11) is 3.34. The minimum absolute atomic E-state index is 0.00593. The number of carbonyl (C=O) groups excluding carboxylic acids is 3. The monoisotopic (exact) mass is 737 g/mol. The van der Waals surface area contributed by atoms with E-state index in [1.165, 1.54) is 13.3 Å². The van der Waals surface area contributed by atoms with E-state index < -0.39 is 5.91 Å². The molecule has 0 aliphatic carbocycles. The first kappa shape index (κ1) is 39.7. The third-order valence-corrected chi connectivity index (χ3v) is 9.52. The fraction of sp³-hybridized carbons (Fsp3) is 0.390. The normalized spacial score (nSPS) is 12.7. The van der Waals surface area contributed by atoms with Crippen molar-refractivity contribution in [1.82, 2.24) is 24.7 Å². The quantitative estimate of drug-likeness (QED) is 0.139. The molecule has 0 radical (unpaired) electrons. The third-order valence-electron chi connectivity index (χ3n) is 9.52. The number of hydrogen-bond acceptors (Lipinski definition) is 10. The molecule has 0 spiro atoms. The van der Waals surface area contributed by atoms with Crippen molar-refractivity contribution >= 4 is 35.0 Å². The molecule has 1 aliphatic rings. The molecule has 1 aromatic heterocycles. The fourth-order valence-electron chi connectivity index (χ4n) is 6.11. The second kappa shape index (κ2) is 19.0. The lowest BCUT2D eigenvalue weighted by Gasteiger charge is -2.26. The summed E-state index contributed by atoms with van der Waals surface area (Å²) in [6, 6.07) is 18.3. The van der Waals surface area contributed by atoms with E-state index in [2.05, 4.69) is 39.3 Å². The number of nitrogens with one attached hydrogen (secondary N) is 2. The predicted octanol–water partition coefficient (Wildman–Crippen LogP) is 6.10. The van der Waals surface area contributed by atoms with Gasteiger partial charge in [0.25, 0.3) is 11.8 Å². The summed E-state index contributed by atoms with van der Waals surface area (Å²) in [5.74, 6) is 0.510. The summed E-state index contributed by atoms with van der Waals surface area (Å²) >= 11 is 0. The van der Waals surface area contributed by atoms with Crippen molar-refractivity contribution in [2.24, 2.45) is 0 Å². The zero-order valence-electron chi connectivity index (χ0n) is 32.1. The second-order valence-corrected chi connectivity index (χ2v) is 13.2. The minimum atomic E-state index is -0.445. The summed E-state index contributed by atoms with van der Waals surface area (Å²) in [4.78, 5) is 54.5. The van der Waals surface area contributed by atoms with Crippen LogP contribution < -0.4 is 20.1 Å². The Kier molecular flexibility index (Phi) is 14.0. The Bertz CT molecular complexity index is 1890. The molecule has 3 aromatic carbocycles. The van der Waals surface area contributed by atoms with Crippen LogP contribution >= 0.6 is 0 Å². The lowest BCUT2D eigenvalue weighted by molar-refractivity contribution is -0.135. The van der Waals surface area contributed by atoms with Crippen LogP contribution in [-0.4, -0.2) is 109 Å². The number of morpholine rings is 1. The smallest absolute Gasteiger partial charge is 0.262 e. The van der Waals surface area contributed by atoms with Crippen LogP contribution in [0.1, 0.15) is 57.7 Å². The number of rotatable bonds is 16. The Labute approximate surface area is 317 Å². The number of nitrogens with zero attached hydrogens (tertiary/aromatic N) is 5. The molecule has 0 saturated carbocycles. The van der Waals surface area contributed by atoms with Crippen LogP contribution in [0.5, 0.6) is 17.4 Å². The number of anilines is 3. The van der Waals surface area contributed by atoms with Gasteiger partial charge in [-0.2, -0.15) is 4.98 Å². The molecule has 0 atom stereocenters. The van der Waals surface area contributed by atoms with E-state index in [1.54, 1.807) is 35.2 Å². The van der Waals surface area contributed by atoms with Gasteiger partial charge in [0.2, 0.25) is 17.7 Å². The topological polar surface area (TPSA) is 138 Å². The van der Waals surface area contributed by atoms with Crippen LogP contribution in [0.4, 0.5) is 17.3 Å². The van der Waals surface area contributed by atoms with Gasteiger partial charge in [0, 0.05) is 62.8 Å². The van der Waals surface area contributed by atoms with E-state index in [0.29, 0.717) is 74.1 Å². The molecule has 286 valence electrons. The summed E-state index contributed by atoms with van der Waals surface area (Å²) in [6.07, 6.45) is 2.29. The number of hydrogen-bond donors (Lipinski definition) is 2. The molecule has 1 aliphatic heterocycles. The highest BCUT2D eigenvalue weighted by Crippen LogP contribution is 2.34. The number of benzene rings is 3. The summed E-state index contributed by atoms with van der Waals surface area (Å²) in [6.45, 7) is 13.7. The van der Waals surface area contributed by atoms with Gasteiger partial charge in [-0.05, 0) is 86.4 Å². The first-order valence-electron chi connectivity index (χ1n) is 18.4. The van der Waals surface area contributed by atoms with E-state index >= 15 is 0 Å². The Morgan fingerprint density at radius 3 is 2.30 bits per heavy atom. The van der Waals surface area contributed by atoms with E-state index in [-0.39, 0.29) is 29.2 Å². The highest BCUT2D eigenvalue weighted by molar-refractivity contribution is 6.06. The van der Waals surface area contributed by atoms with Gasteiger partial charge in [-0.1, -0.05) is 38.1 Å². The summed E-state index contributed by atoms with van der Waals surface area (Å²) in [5.41, 5.74) is 4.72. The average molecular weight is 738 g/mol. The first-order chi connectivity index (χ1) is 26.1. The zero-order chi connectivity index (χ0) is 38.6. The van der Waals surface area contributed by atoms with Crippen LogP contribution in [0.3, 0.4) is 0 Å². The summed E-state index contributed by atoms with van der Waals surface area (Å²) < 4.78 is 17.4. The minimum Gasteiger partial charge on any atom is -0.493 e. The molecular weight excluding hydrogens is 686 g/mol. The van der Waals surface area contributed by atoms with Crippen molar-refractivity contribution < 1.29 is 28.6 Å². The maximum Gasteiger partial charge on any atom is 0.262 e. The average Bonchev–Trinajstić information content (AvgIpc) is 3.19. The molecule has 0 bridgehead atoms. The van der Waals surface area contributed by atoms with Gasteiger partial charge in [0.1, 0.15) is 5.56 Å². The Hall–Kier alpha value is -5.53. The Balaban J connectivity index is 1.36. The largest absolute Gasteiger partial charge is 0.493 e. The van der Waals surface area contributed by atoms with Gasteiger partial charge in [-0.3, -0.25) is 14.4 Å². The van der Waals surface area contributed by atoms with Gasteiger partial charge < -0.3 is 39.5 Å². The number of likely N-dealkylation sites (N-methyl/N-ethyl adjacent to an activating group) is 2. The molecule has 4 aromatic rings. The highest BCUT2D eigenvalue weighted by Gasteiger charge is 2.22. The molecule has 2 heterocycles. The number of methoxy groups -OCH3 is 1. The first-order valence-corrected chi connectivity index (χ1v) is 18.4. The fourth-order valence-corrected chi connectivity index (χ4v) is 6.11. The Morgan fingerprint density at radius 2 is 1.63 bits per heavy atom. The zero-order valence-corrected chi connectivity index (χ0v) is 32.1. The van der Waals surface area contributed by atoms with Crippen LogP contribution in [-0.2, 0) is 16.0 Å². The lowest BCUT2D eigenvalue weighted by atomic mass is 10.1. The van der Waals surface area contributed by atoms with Gasteiger partial charge >= 0.3 is 0 Å². The van der Waals surface area contributed by atoms with Gasteiger partial charge in [-0.15, -0.1) is 0 Å². The number of amides is 3. The number of carbonyl (C=O) groups is 3. The number of para-hydroxylation sites is 1. The molecule has 1 fully saturated rings. The number of aryl methyl sites for hydroxylation is 3. The van der Waals surface area contributed by atoms with E-state index in [1.807, 2.05) is 56.1 Å². The molecule has 3 amide bonds.